The maximum Gasteiger partial charge on any atom is 0.197 e. The zero-order chi connectivity index (χ0) is 20.9. The summed E-state index contributed by atoms with van der Waals surface area (Å²) in [4.78, 5) is 13.9. The Balaban J connectivity index is 1.69. The summed E-state index contributed by atoms with van der Waals surface area (Å²) in [5.41, 5.74) is 5.70. The normalized spacial score (nSPS) is 15.6. The molecule has 0 saturated heterocycles. The van der Waals surface area contributed by atoms with Crippen LogP contribution in [0.25, 0.3) is 31.8 Å². The van der Waals surface area contributed by atoms with Crippen LogP contribution in [0.3, 0.4) is 0 Å². The van der Waals surface area contributed by atoms with E-state index in [2.05, 4.69) is 40.2 Å². The minimum atomic E-state index is -0.201. The van der Waals surface area contributed by atoms with Crippen molar-refractivity contribution in [2.75, 3.05) is 0 Å². The first-order valence-corrected chi connectivity index (χ1v) is 11.0. The molecular formula is C28H17BrO2. The molecule has 0 saturated carbocycles. The number of halogens is 1. The van der Waals surface area contributed by atoms with Gasteiger partial charge in [0.15, 0.2) is 5.43 Å². The number of rotatable bonds is 2. The van der Waals surface area contributed by atoms with E-state index in [-0.39, 0.29) is 11.3 Å². The summed E-state index contributed by atoms with van der Waals surface area (Å²) in [5, 5.41) is 2.60. The first-order chi connectivity index (χ1) is 15.2. The lowest BCUT2D eigenvalue weighted by Crippen LogP contribution is -2.15. The standard InChI is InChI=1S/C28H17BrO2/c29-27-21-13-7-6-12-20(21)25(24(27)18-9-2-1-3-10-18)22-16-31-23-15-14-17-8-4-5-11-19(17)26(23)28(22)30/h1-16,25H. The molecule has 0 spiro atoms. The predicted molar refractivity (Wildman–Crippen MR) is 130 cm³/mol. The van der Waals surface area contributed by atoms with Crippen LogP contribution in [-0.2, 0) is 0 Å². The molecule has 148 valence electrons. The second-order valence-electron chi connectivity index (χ2n) is 7.79. The van der Waals surface area contributed by atoms with Crippen LogP contribution in [-0.4, -0.2) is 0 Å². The summed E-state index contributed by atoms with van der Waals surface area (Å²) in [7, 11) is 0. The van der Waals surface area contributed by atoms with E-state index in [1.54, 1.807) is 6.26 Å². The lowest BCUT2D eigenvalue weighted by atomic mass is 9.85. The smallest absolute Gasteiger partial charge is 0.197 e. The molecule has 0 aliphatic heterocycles. The Bertz CT molecular complexity index is 1560. The lowest BCUT2D eigenvalue weighted by molar-refractivity contribution is 0.593. The van der Waals surface area contributed by atoms with Crippen LogP contribution in [0.2, 0.25) is 0 Å². The molecule has 0 bridgehead atoms. The Kier molecular flexibility index (Phi) is 4.18. The summed E-state index contributed by atoms with van der Waals surface area (Å²) in [6, 6.07) is 30.3. The fraction of sp³-hybridized carbons (Fsp3) is 0.0357. The van der Waals surface area contributed by atoms with E-state index in [4.69, 9.17) is 4.42 Å². The molecule has 0 amide bonds. The van der Waals surface area contributed by atoms with Crippen LogP contribution in [0.1, 0.15) is 28.2 Å². The van der Waals surface area contributed by atoms with E-state index < -0.39 is 0 Å². The number of benzene rings is 4. The molecule has 31 heavy (non-hydrogen) atoms. The van der Waals surface area contributed by atoms with Crippen LogP contribution in [0, 0.1) is 0 Å². The van der Waals surface area contributed by atoms with Crippen LogP contribution in [0.15, 0.2) is 106 Å². The van der Waals surface area contributed by atoms with E-state index in [1.807, 2.05) is 66.7 Å². The fourth-order valence-corrected chi connectivity index (χ4v) is 5.54. The molecule has 0 fully saturated rings. The Hall–Kier alpha value is -3.43. The van der Waals surface area contributed by atoms with E-state index in [1.165, 1.54) is 0 Å². The van der Waals surface area contributed by atoms with Gasteiger partial charge in [-0.1, -0.05) is 84.9 Å². The van der Waals surface area contributed by atoms with Gasteiger partial charge in [-0.3, -0.25) is 4.79 Å². The van der Waals surface area contributed by atoms with Gasteiger partial charge in [-0.25, -0.2) is 0 Å². The van der Waals surface area contributed by atoms with E-state index in [0.717, 1.165) is 37.5 Å². The molecule has 0 N–H and O–H groups in total. The van der Waals surface area contributed by atoms with Gasteiger partial charge >= 0.3 is 0 Å². The Labute approximate surface area is 187 Å². The van der Waals surface area contributed by atoms with Crippen molar-refractivity contribution >= 4 is 47.7 Å². The largest absolute Gasteiger partial charge is 0.464 e. The van der Waals surface area contributed by atoms with Gasteiger partial charge in [0.1, 0.15) is 5.58 Å². The van der Waals surface area contributed by atoms with Crippen molar-refractivity contribution < 1.29 is 4.42 Å². The molecule has 5 aromatic rings. The average molecular weight is 465 g/mol. The highest BCUT2D eigenvalue weighted by Gasteiger charge is 2.34. The third-order valence-corrected chi connectivity index (χ3v) is 6.98. The molecule has 3 heteroatoms. The summed E-state index contributed by atoms with van der Waals surface area (Å²) in [5.74, 6) is -0.201. The van der Waals surface area contributed by atoms with Crippen LogP contribution < -0.4 is 5.43 Å². The Morgan fingerprint density at radius 1 is 0.742 bits per heavy atom. The van der Waals surface area contributed by atoms with Gasteiger partial charge in [0, 0.05) is 16.0 Å². The van der Waals surface area contributed by atoms with Gasteiger partial charge < -0.3 is 4.42 Å². The van der Waals surface area contributed by atoms with Gasteiger partial charge in [0.25, 0.3) is 0 Å². The second kappa shape index (κ2) is 7.07. The fourth-order valence-electron chi connectivity index (χ4n) is 4.72. The highest BCUT2D eigenvalue weighted by Crippen LogP contribution is 2.51. The van der Waals surface area contributed by atoms with Crippen LogP contribution >= 0.6 is 15.9 Å². The third kappa shape index (κ3) is 2.74. The quantitative estimate of drug-likeness (QED) is 0.255. The minimum absolute atomic E-state index is 0.0217. The molecule has 1 aromatic heterocycles. The molecule has 1 aliphatic carbocycles. The van der Waals surface area contributed by atoms with Crippen molar-refractivity contribution in [3.8, 4) is 0 Å². The predicted octanol–water partition coefficient (Wildman–Crippen LogP) is 7.35. The lowest BCUT2D eigenvalue weighted by Gasteiger charge is -2.17. The van der Waals surface area contributed by atoms with Crippen molar-refractivity contribution in [2.45, 2.75) is 5.92 Å². The van der Waals surface area contributed by atoms with Gasteiger partial charge in [0.2, 0.25) is 0 Å². The summed E-state index contributed by atoms with van der Waals surface area (Å²) in [6.07, 6.45) is 1.65. The molecule has 0 radical (unpaired) electrons. The second-order valence-corrected chi connectivity index (χ2v) is 8.59. The first-order valence-electron chi connectivity index (χ1n) is 10.2. The van der Waals surface area contributed by atoms with Gasteiger partial charge in [-0.05, 0) is 55.0 Å². The van der Waals surface area contributed by atoms with Crippen molar-refractivity contribution in [2.24, 2.45) is 0 Å². The zero-order valence-corrected chi connectivity index (χ0v) is 18.1. The number of fused-ring (bicyclic) bond motifs is 4. The summed E-state index contributed by atoms with van der Waals surface area (Å²) < 4.78 is 7.07. The van der Waals surface area contributed by atoms with Crippen LogP contribution in [0.4, 0.5) is 0 Å². The maximum atomic E-state index is 13.9. The molecule has 1 aliphatic rings. The minimum Gasteiger partial charge on any atom is -0.464 e. The van der Waals surface area contributed by atoms with Crippen molar-refractivity contribution in [1.29, 1.82) is 0 Å². The SMILES string of the molecule is O=c1c(C2C(c3ccccc3)=C(Br)c3ccccc32)coc2ccc3ccccc3c12. The number of allylic oxidation sites excluding steroid dienone is 1. The Morgan fingerprint density at radius 3 is 2.35 bits per heavy atom. The molecule has 6 rings (SSSR count). The third-order valence-electron chi connectivity index (χ3n) is 6.12. The average Bonchev–Trinajstić information content (AvgIpc) is 3.12. The van der Waals surface area contributed by atoms with Gasteiger partial charge in [-0.2, -0.15) is 0 Å². The first kappa shape index (κ1) is 18.3. The molecule has 2 nitrogen and oxygen atoms in total. The van der Waals surface area contributed by atoms with Crippen molar-refractivity contribution in [3.05, 3.63) is 130 Å². The Morgan fingerprint density at radius 2 is 1.48 bits per heavy atom. The molecular weight excluding hydrogens is 448 g/mol. The van der Waals surface area contributed by atoms with Crippen molar-refractivity contribution in [1.82, 2.24) is 0 Å². The summed E-state index contributed by atoms with van der Waals surface area (Å²) >= 11 is 3.84. The summed E-state index contributed by atoms with van der Waals surface area (Å²) in [6.45, 7) is 0. The molecule has 4 aromatic carbocycles. The zero-order valence-electron chi connectivity index (χ0n) is 16.5. The van der Waals surface area contributed by atoms with E-state index in [9.17, 15) is 4.79 Å². The van der Waals surface area contributed by atoms with Gasteiger partial charge in [0.05, 0.1) is 11.6 Å². The van der Waals surface area contributed by atoms with Gasteiger partial charge in [-0.15, -0.1) is 0 Å². The number of hydrogen-bond donors (Lipinski definition) is 0. The monoisotopic (exact) mass is 464 g/mol. The van der Waals surface area contributed by atoms with Crippen molar-refractivity contribution in [3.63, 3.8) is 0 Å². The van der Waals surface area contributed by atoms with Crippen LogP contribution in [0.5, 0.6) is 0 Å². The maximum absolute atomic E-state index is 13.9. The highest BCUT2D eigenvalue weighted by molar-refractivity contribution is 9.15. The van der Waals surface area contributed by atoms with E-state index in [0.29, 0.717) is 16.5 Å². The topological polar surface area (TPSA) is 30.2 Å². The molecule has 1 atom stereocenters. The molecule has 1 heterocycles. The molecule has 1 unspecified atom stereocenters. The number of hydrogen-bond acceptors (Lipinski definition) is 2. The highest BCUT2D eigenvalue weighted by atomic mass is 79.9. The van der Waals surface area contributed by atoms with E-state index >= 15 is 0 Å².